The molecule has 1 heterocycles. The molecule has 0 bridgehead atoms. The molecule has 3 aromatic rings. The molecule has 0 spiro atoms. The summed E-state index contributed by atoms with van der Waals surface area (Å²) in [6, 6.07) is 17.4. The van der Waals surface area contributed by atoms with Crippen molar-refractivity contribution in [1.29, 1.82) is 5.26 Å². The molecule has 0 saturated carbocycles. The van der Waals surface area contributed by atoms with Gasteiger partial charge in [0.15, 0.2) is 0 Å². The zero-order valence-electron chi connectivity index (χ0n) is 18.3. The van der Waals surface area contributed by atoms with Crippen LogP contribution in [0.15, 0.2) is 48.5 Å². The maximum Gasteiger partial charge on any atom is 0.226 e. The smallest absolute Gasteiger partial charge is 0.226 e. The van der Waals surface area contributed by atoms with Crippen molar-refractivity contribution in [1.82, 2.24) is 9.97 Å². The first-order chi connectivity index (χ1) is 15.0. The van der Waals surface area contributed by atoms with E-state index in [1.807, 2.05) is 18.2 Å². The van der Waals surface area contributed by atoms with Crippen molar-refractivity contribution in [2.75, 3.05) is 13.2 Å². The SMILES string of the molecule is Cc1nc(OCCC(C)C)cc(Oc2cc(C#N)ccc2-c2ccc(CCN)cc2)n1. The maximum absolute atomic E-state index is 9.35. The highest BCUT2D eigenvalue weighted by atomic mass is 16.5. The molecule has 31 heavy (non-hydrogen) atoms. The number of benzene rings is 2. The summed E-state index contributed by atoms with van der Waals surface area (Å²) in [7, 11) is 0. The Kier molecular flexibility index (Phi) is 7.58. The highest BCUT2D eigenvalue weighted by molar-refractivity contribution is 5.72. The van der Waals surface area contributed by atoms with Crippen molar-refractivity contribution < 1.29 is 9.47 Å². The van der Waals surface area contributed by atoms with E-state index in [9.17, 15) is 5.26 Å². The molecule has 2 N–H and O–H groups in total. The zero-order chi connectivity index (χ0) is 22.2. The fourth-order valence-corrected chi connectivity index (χ4v) is 3.08. The average molecular weight is 417 g/mol. The van der Waals surface area contributed by atoms with Gasteiger partial charge >= 0.3 is 0 Å². The number of aryl methyl sites for hydroxylation is 1. The highest BCUT2D eigenvalue weighted by Gasteiger charge is 2.12. The molecule has 0 atom stereocenters. The minimum Gasteiger partial charge on any atom is -0.477 e. The normalized spacial score (nSPS) is 10.7. The van der Waals surface area contributed by atoms with Crippen molar-refractivity contribution in [3.63, 3.8) is 0 Å². The molecule has 0 aliphatic heterocycles. The van der Waals surface area contributed by atoms with Crippen LogP contribution in [0.4, 0.5) is 0 Å². The molecule has 1 aromatic heterocycles. The summed E-state index contributed by atoms with van der Waals surface area (Å²) < 4.78 is 11.9. The third kappa shape index (κ3) is 6.27. The van der Waals surface area contributed by atoms with Crippen LogP contribution < -0.4 is 15.2 Å². The number of ether oxygens (including phenoxy) is 2. The van der Waals surface area contributed by atoms with Crippen molar-refractivity contribution >= 4 is 0 Å². The van der Waals surface area contributed by atoms with Gasteiger partial charge < -0.3 is 15.2 Å². The van der Waals surface area contributed by atoms with Crippen LogP contribution in [0.5, 0.6) is 17.5 Å². The maximum atomic E-state index is 9.35. The Morgan fingerprint density at radius 3 is 2.45 bits per heavy atom. The molecule has 0 amide bonds. The monoisotopic (exact) mass is 416 g/mol. The largest absolute Gasteiger partial charge is 0.477 e. The summed E-state index contributed by atoms with van der Waals surface area (Å²) in [5.74, 6) is 2.51. The van der Waals surface area contributed by atoms with Gasteiger partial charge in [-0.1, -0.05) is 38.1 Å². The Morgan fingerprint density at radius 1 is 1.03 bits per heavy atom. The molecule has 0 aliphatic rings. The second-order valence-electron chi connectivity index (χ2n) is 7.78. The van der Waals surface area contributed by atoms with E-state index in [2.05, 4.69) is 42.0 Å². The molecular formula is C25H28N4O2. The Hall–Kier alpha value is -3.43. The first kappa shape index (κ1) is 22.3. The Morgan fingerprint density at radius 2 is 1.77 bits per heavy atom. The minimum atomic E-state index is 0.378. The lowest BCUT2D eigenvalue weighted by Gasteiger charge is -2.13. The van der Waals surface area contributed by atoms with Gasteiger partial charge in [0.2, 0.25) is 11.8 Å². The van der Waals surface area contributed by atoms with E-state index < -0.39 is 0 Å². The summed E-state index contributed by atoms with van der Waals surface area (Å²) in [6.07, 6.45) is 1.77. The summed E-state index contributed by atoms with van der Waals surface area (Å²) in [5, 5.41) is 9.35. The van der Waals surface area contributed by atoms with Crippen LogP contribution in [-0.2, 0) is 6.42 Å². The molecule has 2 aromatic carbocycles. The van der Waals surface area contributed by atoms with Crippen LogP contribution in [0, 0.1) is 24.2 Å². The third-order valence-corrected chi connectivity index (χ3v) is 4.76. The molecular weight excluding hydrogens is 388 g/mol. The standard InChI is InChI=1S/C25H28N4O2/c1-17(2)11-13-30-24-15-25(29-18(3)28-24)31-23-14-20(16-27)6-9-22(23)21-7-4-19(5-8-21)10-12-26/h4-9,14-15,17H,10-13,26H2,1-3H3. The highest BCUT2D eigenvalue weighted by Crippen LogP contribution is 2.34. The first-order valence-electron chi connectivity index (χ1n) is 10.5. The number of aromatic nitrogens is 2. The van der Waals surface area contributed by atoms with E-state index in [0.717, 1.165) is 24.0 Å². The van der Waals surface area contributed by atoms with Gasteiger partial charge in [0.25, 0.3) is 0 Å². The molecule has 160 valence electrons. The summed E-state index contributed by atoms with van der Waals surface area (Å²) in [5.41, 5.74) is 9.20. The van der Waals surface area contributed by atoms with Crippen LogP contribution >= 0.6 is 0 Å². The summed E-state index contributed by atoms with van der Waals surface area (Å²) in [4.78, 5) is 8.73. The van der Waals surface area contributed by atoms with Crippen LogP contribution in [-0.4, -0.2) is 23.1 Å². The van der Waals surface area contributed by atoms with Crippen LogP contribution in [0.3, 0.4) is 0 Å². The number of nitrogens with zero attached hydrogens (tertiary/aromatic N) is 3. The lowest BCUT2D eigenvalue weighted by atomic mass is 10.0. The van der Waals surface area contributed by atoms with Gasteiger partial charge in [-0.15, -0.1) is 0 Å². The first-order valence-corrected chi connectivity index (χ1v) is 10.5. The second kappa shape index (κ2) is 10.6. The average Bonchev–Trinajstić information content (AvgIpc) is 2.74. The molecule has 0 saturated heterocycles. The lowest BCUT2D eigenvalue weighted by Crippen LogP contribution is -2.04. The second-order valence-corrected chi connectivity index (χ2v) is 7.78. The van der Waals surface area contributed by atoms with Gasteiger partial charge in [0.1, 0.15) is 11.6 Å². The van der Waals surface area contributed by atoms with E-state index in [-0.39, 0.29) is 0 Å². The van der Waals surface area contributed by atoms with E-state index in [0.29, 0.717) is 48.0 Å². The quantitative estimate of drug-likeness (QED) is 0.525. The third-order valence-electron chi connectivity index (χ3n) is 4.76. The Bertz CT molecular complexity index is 1060. The Balaban J connectivity index is 1.90. The number of hydrogen-bond acceptors (Lipinski definition) is 6. The topological polar surface area (TPSA) is 94.0 Å². The number of rotatable bonds is 9. The van der Waals surface area contributed by atoms with Crippen LogP contribution in [0.1, 0.15) is 37.2 Å². The molecule has 0 aliphatic carbocycles. The van der Waals surface area contributed by atoms with Crippen molar-refractivity contribution in [3.8, 4) is 34.7 Å². The molecule has 0 unspecified atom stereocenters. The molecule has 0 fully saturated rings. The Labute approximate surface area is 183 Å². The summed E-state index contributed by atoms with van der Waals surface area (Å²) >= 11 is 0. The van der Waals surface area contributed by atoms with Crippen LogP contribution in [0.2, 0.25) is 0 Å². The van der Waals surface area contributed by atoms with Gasteiger partial charge in [-0.2, -0.15) is 15.2 Å². The lowest BCUT2D eigenvalue weighted by molar-refractivity contribution is 0.276. The van der Waals surface area contributed by atoms with E-state index in [1.54, 1.807) is 25.1 Å². The minimum absolute atomic E-state index is 0.378. The van der Waals surface area contributed by atoms with Gasteiger partial charge in [-0.25, -0.2) is 0 Å². The fourth-order valence-electron chi connectivity index (χ4n) is 3.08. The molecule has 0 radical (unpaired) electrons. The molecule has 6 nitrogen and oxygen atoms in total. The predicted molar refractivity (Wildman–Crippen MR) is 121 cm³/mol. The van der Waals surface area contributed by atoms with Gasteiger partial charge in [-0.3, -0.25) is 0 Å². The van der Waals surface area contributed by atoms with Gasteiger partial charge in [-0.05, 0) is 61.6 Å². The van der Waals surface area contributed by atoms with Gasteiger partial charge in [0, 0.05) is 5.56 Å². The van der Waals surface area contributed by atoms with Gasteiger partial charge in [0.05, 0.1) is 24.3 Å². The number of hydrogen-bond donors (Lipinski definition) is 1. The molecule has 3 rings (SSSR count). The van der Waals surface area contributed by atoms with Crippen LogP contribution in [0.25, 0.3) is 11.1 Å². The number of nitriles is 1. The number of nitrogens with two attached hydrogens (primary N) is 1. The zero-order valence-corrected chi connectivity index (χ0v) is 18.3. The van der Waals surface area contributed by atoms with E-state index in [1.165, 1.54) is 5.56 Å². The predicted octanol–water partition coefficient (Wildman–Crippen LogP) is 5.04. The van der Waals surface area contributed by atoms with Crippen molar-refractivity contribution in [2.24, 2.45) is 11.7 Å². The van der Waals surface area contributed by atoms with E-state index in [4.69, 9.17) is 15.2 Å². The molecule has 6 heteroatoms. The van der Waals surface area contributed by atoms with Crippen molar-refractivity contribution in [3.05, 3.63) is 65.5 Å². The summed E-state index contributed by atoms with van der Waals surface area (Å²) in [6.45, 7) is 7.28. The fraction of sp³-hybridized carbons (Fsp3) is 0.320. The van der Waals surface area contributed by atoms with E-state index >= 15 is 0 Å². The van der Waals surface area contributed by atoms with Crippen molar-refractivity contribution in [2.45, 2.75) is 33.6 Å².